The predicted octanol–water partition coefficient (Wildman–Crippen LogP) is 5.21. The van der Waals surface area contributed by atoms with Crippen LogP contribution in [-0.2, 0) is 4.79 Å². The SMILES string of the molecule is Cc1ccc(-n2c(SCCC(=O)Nc3ccccc3F)nnc2-c2ccncc2)cc1C. The molecule has 2 aromatic carbocycles. The van der Waals surface area contributed by atoms with Gasteiger partial charge in [-0.15, -0.1) is 10.2 Å². The van der Waals surface area contributed by atoms with Gasteiger partial charge in [-0.1, -0.05) is 30.0 Å². The van der Waals surface area contributed by atoms with E-state index in [2.05, 4.69) is 46.5 Å². The van der Waals surface area contributed by atoms with Gasteiger partial charge in [0.25, 0.3) is 0 Å². The number of amides is 1. The van der Waals surface area contributed by atoms with Crippen molar-refractivity contribution in [3.05, 3.63) is 83.9 Å². The number of aryl methyl sites for hydroxylation is 2. The number of carbonyl (C=O) groups excluding carboxylic acids is 1. The minimum absolute atomic E-state index is 0.181. The van der Waals surface area contributed by atoms with Crippen LogP contribution in [0.5, 0.6) is 0 Å². The highest BCUT2D eigenvalue weighted by molar-refractivity contribution is 7.99. The Hall–Kier alpha value is -3.52. The molecule has 0 spiro atoms. The summed E-state index contributed by atoms with van der Waals surface area (Å²) < 4.78 is 15.7. The minimum atomic E-state index is -0.454. The molecule has 32 heavy (non-hydrogen) atoms. The van der Waals surface area contributed by atoms with Crippen molar-refractivity contribution >= 4 is 23.4 Å². The van der Waals surface area contributed by atoms with Crippen LogP contribution in [0.4, 0.5) is 10.1 Å². The normalized spacial score (nSPS) is 10.8. The molecule has 0 atom stereocenters. The van der Waals surface area contributed by atoms with E-state index >= 15 is 0 Å². The average molecular weight is 448 g/mol. The van der Waals surface area contributed by atoms with Crippen molar-refractivity contribution in [1.29, 1.82) is 0 Å². The summed E-state index contributed by atoms with van der Waals surface area (Å²) in [6, 6.07) is 16.1. The number of para-hydroxylation sites is 1. The third-order valence-corrected chi connectivity index (χ3v) is 5.96. The lowest BCUT2D eigenvalue weighted by molar-refractivity contribution is -0.115. The topological polar surface area (TPSA) is 72.7 Å². The van der Waals surface area contributed by atoms with Crippen LogP contribution in [0.25, 0.3) is 17.1 Å². The van der Waals surface area contributed by atoms with Crippen molar-refractivity contribution in [2.24, 2.45) is 0 Å². The van der Waals surface area contributed by atoms with Crippen molar-refractivity contribution in [1.82, 2.24) is 19.7 Å². The molecule has 0 bridgehead atoms. The molecule has 162 valence electrons. The van der Waals surface area contributed by atoms with Gasteiger partial charge in [0.15, 0.2) is 11.0 Å². The molecule has 4 rings (SSSR count). The molecular weight excluding hydrogens is 425 g/mol. The number of nitrogens with zero attached hydrogens (tertiary/aromatic N) is 4. The molecule has 8 heteroatoms. The molecule has 0 aliphatic carbocycles. The van der Waals surface area contributed by atoms with E-state index < -0.39 is 5.82 Å². The van der Waals surface area contributed by atoms with E-state index in [1.165, 1.54) is 29.5 Å². The van der Waals surface area contributed by atoms with E-state index in [9.17, 15) is 9.18 Å². The van der Waals surface area contributed by atoms with Gasteiger partial charge in [0.2, 0.25) is 5.91 Å². The maximum Gasteiger partial charge on any atom is 0.225 e. The lowest BCUT2D eigenvalue weighted by Gasteiger charge is -2.12. The van der Waals surface area contributed by atoms with E-state index in [1.807, 2.05) is 22.8 Å². The van der Waals surface area contributed by atoms with Crippen molar-refractivity contribution in [3.8, 4) is 17.1 Å². The molecule has 2 heterocycles. The van der Waals surface area contributed by atoms with Gasteiger partial charge >= 0.3 is 0 Å². The van der Waals surface area contributed by atoms with Gasteiger partial charge in [-0.25, -0.2) is 4.39 Å². The molecule has 1 N–H and O–H groups in total. The van der Waals surface area contributed by atoms with Gasteiger partial charge in [0, 0.05) is 30.1 Å². The smallest absolute Gasteiger partial charge is 0.225 e. The average Bonchev–Trinajstić information content (AvgIpc) is 3.22. The van der Waals surface area contributed by atoms with Gasteiger partial charge in [-0.3, -0.25) is 14.3 Å². The van der Waals surface area contributed by atoms with Crippen LogP contribution in [0, 0.1) is 19.7 Å². The summed E-state index contributed by atoms with van der Waals surface area (Å²) in [5.74, 6) is 0.465. The molecule has 0 aliphatic rings. The molecule has 4 aromatic rings. The monoisotopic (exact) mass is 447 g/mol. The molecule has 2 aromatic heterocycles. The van der Waals surface area contributed by atoms with Crippen LogP contribution < -0.4 is 5.32 Å². The van der Waals surface area contributed by atoms with E-state index in [1.54, 1.807) is 24.5 Å². The zero-order valence-corrected chi connectivity index (χ0v) is 18.6. The van der Waals surface area contributed by atoms with E-state index in [4.69, 9.17) is 0 Å². The Labute approximate surface area is 189 Å². The number of thioether (sulfide) groups is 1. The summed E-state index contributed by atoms with van der Waals surface area (Å²) in [5, 5.41) is 12.1. The Balaban J connectivity index is 1.54. The molecule has 1 amide bonds. The molecule has 0 fully saturated rings. The van der Waals surface area contributed by atoms with Crippen LogP contribution in [0.2, 0.25) is 0 Å². The Kier molecular flexibility index (Phi) is 6.61. The molecule has 0 saturated carbocycles. The van der Waals surface area contributed by atoms with E-state index in [-0.39, 0.29) is 18.0 Å². The van der Waals surface area contributed by atoms with Crippen LogP contribution >= 0.6 is 11.8 Å². The summed E-state index contributed by atoms with van der Waals surface area (Å²) in [6.45, 7) is 4.13. The van der Waals surface area contributed by atoms with Gasteiger partial charge in [-0.2, -0.15) is 0 Å². The zero-order chi connectivity index (χ0) is 22.5. The first-order valence-corrected chi connectivity index (χ1v) is 11.1. The van der Waals surface area contributed by atoms with Gasteiger partial charge in [0.1, 0.15) is 5.82 Å². The van der Waals surface area contributed by atoms with Gasteiger partial charge in [0.05, 0.1) is 11.4 Å². The second-order valence-corrected chi connectivity index (χ2v) is 8.33. The molecule has 0 aliphatic heterocycles. The van der Waals surface area contributed by atoms with Crippen LogP contribution in [0.15, 0.2) is 72.1 Å². The fourth-order valence-electron chi connectivity index (χ4n) is 3.16. The number of halogens is 1. The van der Waals surface area contributed by atoms with Crippen LogP contribution in [0.1, 0.15) is 17.5 Å². The standard InChI is InChI=1S/C24H22FN5OS/c1-16-7-8-19(15-17(16)2)30-23(18-9-12-26-13-10-18)28-29-24(30)32-14-11-22(31)27-21-6-4-3-5-20(21)25/h3-10,12-13,15H,11,14H2,1-2H3,(H,27,31). The molecular formula is C24H22FN5OS. The lowest BCUT2D eigenvalue weighted by atomic mass is 10.1. The highest BCUT2D eigenvalue weighted by Gasteiger charge is 2.17. The number of rotatable bonds is 7. The predicted molar refractivity (Wildman–Crippen MR) is 124 cm³/mol. The fourth-order valence-corrected chi connectivity index (χ4v) is 4.05. The number of carbonyl (C=O) groups is 1. The highest BCUT2D eigenvalue weighted by Crippen LogP contribution is 2.29. The second kappa shape index (κ2) is 9.74. The second-order valence-electron chi connectivity index (χ2n) is 7.27. The van der Waals surface area contributed by atoms with Gasteiger partial charge in [-0.05, 0) is 61.4 Å². The minimum Gasteiger partial charge on any atom is -0.324 e. The summed E-state index contributed by atoms with van der Waals surface area (Å²) >= 11 is 1.43. The summed E-state index contributed by atoms with van der Waals surface area (Å²) in [7, 11) is 0. The van der Waals surface area contributed by atoms with Gasteiger partial charge < -0.3 is 5.32 Å². The number of hydrogen-bond acceptors (Lipinski definition) is 5. The summed E-state index contributed by atoms with van der Waals surface area (Å²) in [5.41, 5.74) is 4.39. The van der Waals surface area contributed by atoms with Crippen molar-refractivity contribution in [2.45, 2.75) is 25.4 Å². The maximum atomic E-state index is 13.8. The third kappa shape index (κ3) is 4.86. The number of benzene rings is 2. The summed E-state index contributed by atoms with van der Waals surface area (Å²) in [6.07, 6.45) is 3.65. The van der Waals surface area contributed by atoms with E-state index in [0.717, 1.165) is 16.8 Å². The Morgan fingerprint density at radius 1 is 1.03 bits per heavy atom. The molecule has 6 nitrogen and oxygen atoms in total. The quantitative estimate of drug-likeness (QED) is 0.394. The zero-order valence-electron chi connectivity index (χ0n) is 17.7. The largest absolute Gasteiger partial charge is 0.324 e. The number of hydrogen-bond donors (Lipinski definition) is 1. The summed E-state index contributed by atoms with van der Waals surface area (Å²) in [4.78, 5) is 16.4. The first-order chi connectivity index (χ1) is 15.5. The number of nitrogens with one attached hydrogen (secondary N) is 1. The van der Waals surface area contributed by atoms with Crippen LogP contribution in [-0.4, -0.2) is 31.4 Å². The molecule has 0 radical (unpaired) electrons. The molecule has 0 saturated heterocycles. The first-order valence-electron chi connectivity index (χ1n) is 10.1. The third-order valence-electron chi connectivity index (χ3n) is 5.03. The first kappa shape index (κ1) is 21.7. The van der Waals surface area contributed by atoms with Crippen LogP contribution in [0.3, 0.4) is 0 Å². The number of pyridine rings is 1. The highest BCUT2D eigenvalue weighted by atomic mass is 32.2. The number of aromatic nitrogens is 4. The fraction of sp³-hybridized carbons (Fsp3) is 0.167. The van der Waals surface area contributed by atoms with E-state index in [0.29, 0.717) is 16.7 Å². The molecule has 0 unspecified atom stereocenters. The lowest BCUT2D eigenvalue weighted by Crippen LogP contribution is -2.13. The Morgan fingerprint density at radius 3 is 2.56 bits per heavy atom. The Morgan fingerprint density at radius 2 is 1.81 bits per heavy atom. The van der Waals surface area contributed by atoms with Crippen molar-refractivity contribution in [3.63, 3.8) is 0 Å². The maximum absolute atomic E-state index is 13.8. The Bertz CT molecular complexity index is 1240. The van der Waals surface area contributed by atoms with Crippen molar-refractivity contribution < 1.29 is 9.18 Å². The van der Waals surface area contributed by atoms with Crippen molar-refractivity contribution in [2.75, 3.05) is 11.1 Å². The number of anilines is 1.